The van der Waals surface area contributed by atoms with Gasteiger partial charge in [0, 0.05) is 10.4 Å². The zero-order valence-corrected chi connectivity index (χ0v) is 9.86. The maximum absolute atomic E-state index is 11.5. The molecule has 0 aliphatic rings. The first-order valence-corrected chi connectivity index (χ1v) is 5.59. The minimum atomic E-state index is -0.264. The highest BCUT2D eigenvalue weighted by Gasteiger charge is 2.12. The van der Waals surface area contributed by atoms with Crippen LogP contribution in [0.4, 0.5) is 0 Å². The molecule has 0 radical (unpaired) electrons. The predicted octanol–water partition coefficient (Wildman–Crippen LogP) is 1.65. The molecule has 1 atom stereocenters. The molecule has 0 aromatic carbocycles. The molecule has 1 unspecified atom stereocenters. The van der Waals surface area contributed by atoms with Crippen LogP contribution in [0.2, 0.25) is 0 Å². The SMILES string of the molecule is C=C(Cl)CNC(=O)c1csc(C(C)N)n1. The number of thiazole rings is 1. The standard InChI is InChI=1S/C9H12ClN3OS/c1-5(10)3-12-8(14)7-4-15-9(13-7)6(2)11/h4,6H,1,3,11H2,2H3,(H,12,14). The molecule has 1 aromatic rings. The van der Waals surface area contributed by atoms with Gasteiger partial charge in [-0.05, 0) is 6.92 Å². The number of hydrogen-bond acceptors (Lipinski definition) is 4. The Bertz CT molecular complexity index is 375. The quantitative estimate of drug-likeness (QED) is 0.848. The van der Waals surface area contributed by atoms with Crippen molar-refractivity contribution in [1.29, 1.82) is 0 Å². The first-order valence-electron chi connectivity index (χ1n) is 4.33. The fraction of sp³-hybridized carbons (Fsp3) is 0.333. The minimum Gasteiger partial charge on any atom is -0.346 e. The number of nitrogens with one attached hydrogen (secondary N) is 1. The lowest BCUT2D eigenvalue weighted by atomic mass is 10.4. The first kappa shape index (κ1) is 12.2. The number of aromatic nitrogens is 1. The Morgan fingerprint density at radius 1 is 1.87 bits per heavy atom. The van der Waals surface area contributed by atoms with E-state index < -0.39 is 0 Å². The summed E-state index contributed by atoms with van der Waals surface area (Å²) < 4.78 is 0. The van der Waals surface area contributed by atoms with E-state index >= 15 is 0 Å². The van der Waals surface area contributed by atoms with Gasteiger partial charge in [-0.3, -0.25) is 4.79 Å². The Balaban J connectivity index is 2.62. The molecule has 0 aliphatic heterocycles. The van der Waals surface area contributed by atoms with Gasteiger partial charge >= 0.3 is 0 Å². The van der Waals surface area contributed by atoms with Gasteiger partial charge in [0.05, 0.1) is 12.6 Å². The maximum Gasteiger partial charge on any atom is 0.271 e. The Labute approximate surface area is 97.1 Å². The summed E-state index contributed by atoms with van der Waals surface area (Å²) in [6, 6.07) is -0.153. The normalized spacial score (nSPS) is 12.2. The maximum atomic E-state index is 11.5. The van der Waals surface area contributed by atoms with Crippen molar-refractivity contribution in [3.8, 4) is 0 Å². The van der Waals surface area contributed by atoms with Crippen LogP contribution in [0.1, 0.15) is 28.5 Å². The molecule has 1 amide bonds. The summed E-state index contributed by atoms with van der Waals surface area (Å²) in [5.74, 6) is -0.264. The summed E-state index contributed by atoms with van der Waals surface area (Å²) in [6.45, 7) is 5.53. The van der Waals surface area contributed by atoms with E-state index in [2.05, 4.69) is 16.9 Å². The number of nitrogens with zero attached hydrogens (tertiary/aromatic N) is 1. The molecule has 0 aliphatic carbocycles. The zero-order valence-electron chi connectivity index (χ0n) is 8.29. The average molecular weight is 246 g/mol. The van der Waals surface area contributed by atoms with E-state index in [9.17, 15) is 4.79 Å². The van der Waals surface area contributed by atoms with Crippen molar-refractivity contribution in [2.45, 2.75) is 13.0 Å². The Hall–Kier alpha value is -0.910. The van der Waals surface area contributed by atoms with Crippen LogP contribution in [0.5, 0.6) is 0 Å². The fourth-order valence-corrected chi connectivity index (χ4v) is 1.69. The van der Waals surface area contributed by atoms with Crippen molar-refractivity contribution in [1.82, 2.24) is 10.3 Å². The molecule has 6 heteroatoms. The Kier molecular flexibility index (Phi) is 4.26. The largest absolute Gasteiger partial charge is 0.346 e. The smallest absolute Gasteiger partial charge is 0.271 e. The summed E-state index contributed by atoms with van der Waals surface area (Å²) in [5.41, 5.74) is 6.00. The second-order valence-corrected chi connectivity index (χ2v) is 4.48. The van der Waals surface area contributed by atoms with Gasteiger partial charge in [-0.15, -0.1) is 11.3 Å². The summed E-state index contributed by atoms with van der Waals surface area (Å²) in [5, 5.41) is 5.38. The molecule has 15 heavy (non-hydrogen) atoms. The number of nitrogens with two attached hydrogens (primary N) is 1. The van der Waals surface area contributed by atoms with Crippen LogP contribution in [0, 0.1) is 0 Å². The third-order valence-corrected chi connectivity index (χ3v) is 2.76. The summed E-state index contributed by atoms with van der Waals surface area (Å²) >= 11 is 6.89. The molecule has 0 saturated heterocycles. The molecule has 0 bridgehead atoms. The number of carbonyl (C=O) groups excluding carboxylic acids is 1. The molecular weight excluding hydrogens is 234 g/mol. The van der Waals surface area contributed by atoms with Crippen molar-refractivity contribution in [3.05, 3.63) is 27.7 Å². The van der Waals surface area contributed by atoms with Crippen LogP contribution in [0.25, 0.3) is 0 Å². The van der Waals surface area contributed by atoms with Crippen molar-refractivity contribution >= 4 is 28.8 Å². The molecular formula is C9H12ClN3OS. The lowest BCUT2D eigenvalue weighted by Gasteiger charge is -2.00. The van der Waals surface area contributed by atoms with Gasteiger partial charge in [0.2, 0.25) is 0 Å². The molecule has 1 rings (SSSR count). The monoisotopic (exact) mass is 245 g/mol. The zero-order chi connectivity index (χ0) is 11.4. The van der Waals surface area contributed by atoms with E-state index in [0.29, 0.717) is 10.7 Å². The van der Waals surface area contributed by atoms with Crippen LogP contribution < -0.4 is 11.1 Å². The molecule has 3 N–H and O–H groups in total. The topological polar surface area (TPSA) is 68.0 Å². The van der Waals surface area contributed by atoms with Crippen molar-refractivity contribution in [2.24, 2.45) is 5.73 Å². The van der Waals surface area contributed by atoms with E-state index in [1.807, 2.05) is 6.92 Å². The van der Waals surface area contributed by atoms with Gasteiger partial charge in [-0.1, -0.05) is 18.2 Å². The van der Waals surface area contributed by atoms with Crippen LogP contribution in [-0.2, 0) is 0 Å². The molecule has 0 fully saturated rings. The lowest BCUT2D eigenvalue weighted by molar-refractivity contribution is 0.0953. The van der Waals surface area contributed by atoms with Crippen molar-refractivity contribution < 1.29 is 4.79 Å². The Morgan fingerprint density at radius 2 is 2.53 bits per heavy atom. The van der Waals surface area contributed by atoms with Gasteiger partial charge in [0.1, 0.15) is 10.7 Å². The average Bonchev–Trinajstić information content (AvgIpc) is 2.62. The lowest BCUT2D eigenvalue weighted by Crippen LogP contribution is -2.24. The summed E-state index contributed by atoms with van der Waals surface area (Å²) in [6.07, 6.45) is 0. The fourth-order valence-electron chi connectivity index (χ4n) is 0.868. The predicted molar refractivity (Wildman–Crippen MR) is 62.0 cm³/mol. The number of carbonyl (C=O) groups is 1. The molecule has 0 saturated carbocycles. The van der Waals surface area contributed by atoms with Gasteiger partial charge < -0.3 is 11.1 Å². The third-order valence-electron chi connectivity index (χ3n) is 1.58. The van der Waals surface area contributed by atoms with Crippen molar-refractivity contribution in [3.63, 3.8) is 0 Å². The highest BCUT2D eigenvalue weighted by molar-refractivity contribution is 7.09. The van der Waals surface area contributed by atoms with E-state index in [0.717, 1.165) is 5.01 Å². The number of rotatable bonds is 4. The highest BCUT2D eigenvalue weighted by Crippen LogP contribution is 2.15. The second-order valence-electron chi connectivity index (χ2n) is 3.06. The first-order chi connectivity index (χ1) is 7.00. The van der Waals surface area contributed by atoms with Gasteiger partial charge in [-0.25, -0.2) is 4.98 Å². The minimum absolute atomic E-state index is 0.153. The van der Waals surface area contributed by atoms with Crippen LogP contribution in [-0.4, -0.2) is 17.4 Å². The number of halogens is 1. The molecule has 1 heterocycles. The second kappa shape index (κ2) is 5.25. The van der Waals surface area contributed by atoms with Gasteiger partial charge in [-0.2, -0.15) is 0 Å². The van der Waals surface area contributed by atoms with E-state index in [4.69, 9.17) is 17.3 Å². The van der Waals surface area contributed by atoms with E-state index in [-0.39, 0.29) is 18.5 Å². The van der Waals surface area contributed by atoms with Gasteiger partial charge in [0.25, 0.3) is 5.91 Å². The van der Waals surface area contributed by atoms with Gasteiger partial charge in [0.15, 0.2) is 0 Å². The summed E-state index contributed by atoms with van der Waals surface area (Å²) in [7, 11) is 0. The summed E-state index contributed by atoms with van der Waals surface area (Å²) in [4.78, 5) is 15.6. The molecule has 4 nitrogen and oxygen atoms in total. The van der Waals surface area contributed by atoms with Crippen LogP contribution in [0.15, 0.2) is 17.0 Å². The number of amides is 1. The van der Waals surface area contributed by atoms with Crippen LogP contribution >= 0.6 is 22.9 Å². The molecule has 82 valence electrons. The highest BCUT2D eigenvalue weighted by atomic mass is 35.5. The molecule has 1 aromatic heterocycles. The molecule has 0 spiro atoms. The number of hydrogen-bond donors (Lipinski definition) is 2. The third kappa shape index (κ3) is 3.62. The van der Waals surface area contributed by atoms with E-state index in [1.54, 1.807) is 5.38 Å². The Morgan fingerprint density at radius 3 is 3.00 bits per heavy atom. The van der Waals surface area contributed by atoms with Crippen LogP contribution in [0.3, 0.4) is 0 Å². The van der Waals surface area contributed by atoms with E-state index in [1.165, 1.54) is 11.3 Å². The van der Waals surface area contributed by atoms with Crippen molar-refractivity contribution in [2.75, 3.05) is 6.54 Å².